The van der Waals surface area contributed by atoms with Crippen molar-refractivity contribution in [2.24, 2.45) is 0 Å². The van der Waals surface area contributed by atoms with Crippen molar-refractivity contribution in [3.05, 3.63) is 95.0 Å². The van der Waals surface area contributed by atoms with Crippen molar-refractivity contribution >= 4 is 27.9 Å². The van der Waals surface area contributed by atoms with Crippen molar-refractivity contribution in [2.45, 2.75) is 26.3 Å². The molecule has 0 radical (unpaired) electrons. The molecule has 3 aromatic carbocycles. The highest BCUT2D eigenvalue weighted by molar-refractivity contribution is 5.96. The maximum atomic E-state index is 13.0. The van der Waals surface area contributed by atoms with Crippen LogP contribution >= 0.6 is 0 Å². The van der Waals surface area contributed by atoms with Crippen LogP contribution in [0.1, 0.15) is 25.3 Å². The molecule has 5 rings (SSSR count). The first kappa shape index (κ1) is 20.6. The quantitative estimate of drug-likeness (QED) is 0.440. The van der Waals surface area contributed by atoms with Crippen LogP contribution in [0.15, 0.2) is 83.9 Å². The lowest BCUT2D eigenvalue weighted by Crippen LogP contribution is -2.30. The molecule has 33 heavy (non-hydrogen) atoms. The number of hydrogen-bond acceptors (Lipinski definition) is 4. The number of fused-ring (bicyclic) bond motifs is 2. The smallest absolute Gasteiger partial charge is 0.293 e. The molecule has 1 N–H and O–H groups in total. The van der Waals surface area contributed by atoms with E-state index in [2.05, 4.69) is 29.4 Å². The van der Waals surface area contributed by atoms with E-state index in [4.69, 9.17) is 0 Å². The highest BCUT2D eigenvalue weighted by atomic mass is 16.2. The lowest BCUT2D eigenvalue weighted by atomic mass is 10.0. The number of anilines is 1. The SMILES string of the molecule is CC(C)c1cccc(NC(=O)Cn2ncn3nc(-c4cccc5ccccc45)cc3c2=O)c1. The van der Waals surface area contributed by atoms with Gasteiger partial charge in [0.2, 0.25) is 5.91 Å². The third-order valence-electron chi connectivity index (χ3n) is 5.69. The third kappa shape index (κ3) is 4.01. The summed E-state index contributed by atoms with van der Waals surface area (Å²) >= 11 is 0. The van der Waals surface area contributed by atoms with E-state index in [1.54, 1.807) is 6.07 Å². The van der Waals surface area contributed by atoms with Crippen molar-refractivity contribution < 1.29 is 4.79 Å². The largest absolute Gasteiger partial charge is 0.324 e. The molecule has 0 saturated carbocycles. The van der Waals surface area contributed by atoms with Crippen LogP contribution in [-0.2, 0) is 11.3 Å². The van der Waals surface area contributed by atoms with Crippen LogP contribution in [0.25, 0.3) is 27.5 Å². The van der Waals surface area contributed by atoms with Crippen LogP contribution in [0, 0.1) is 0 Å². The number of nitrogens with zero attached hydrogens (tertiary/aromatic N) is 4. The Morgan fingerprint density at radius 1 is 1.00 bits per heavy atom. The lowest BCUT2D eigenvalue weighted by molar-refractivity contribution is -0.117. The first-order valence-electron chi connectivity index (χ1n) is 10.8. The Labute approximate surface area is 190 Å². The lowest BCUT2D eigenvalue weighted by Gasteiger charge is -2.10. The van der Waals surface area contributed by atoms with E-state index < -0.39 is 0 Å². The second kappa shape index (κ2) is 8.35. The van der Waals surface area contributed by atoms with Gasteiger partial charge in [-0.2, -0.15) is 10.2 Å². The molecule has 2 heterocycles. The van der Waals surface area contributed by atoms with Gasteiger partial charge in [0.05, 0.1) is 5.69 Å². The van der Waals surface area contributed by atoms with Gasteiger partial charge in [0, 0.05) is 11.3 Å². The minimum atomic E-state index is -0.373. The summed E-state index contributed by atoms with van der Waals surface area (Å²) in [4.78, 5) is 25.6. The Morgan fingerprint density at radius 2 is 1.79 bits per heavy atom. The van der Waals surface area contributed by atoms with Crippen molar-refractivity contribution in [3.63, 3.8) is 0 Å². The van der Waals surface area contributed by atoms with Gasteiger partial charge in [0.15, 0.2) is 0 Å². The summed E-state index contributed by atoms with van der Waals surface area (Å²) in [6, 6.07) is 23.5. The van der Waals surface area contributed by atoms with E-state index in [1.807, 2.05) is 66.7 Å². The molecule has 1 amide bonds. The van der Waals surface area contributed by atoms with E-state index in [0.717, 1.165) is 26.6 Å². The summed E-state index contributed by atoms with van der Waals surface area (Å²) in [5.41, 5.74) is 3.43. The number of aromatic nitrogens is 4. The normalized spacial score (nSPS) is 11.4. The first-order valence-corrected chi connectivity index (χ1v) is 10.8. The van der Waals surface area contributed by atoms with Gasteiger partial charge in [0.1, 0.15) is 18.4 Å². The number of hydrogen-bond donors (Lipinski definition) is 1. The highest BCUT2D eigenvalue weighted by Crippen LogP contribution is 2.27. The molecular formula is C26H23N5O2. The van der Waals surface area contributed by atoms with Crippen LogP contribution in [0.3, 0.4) is 0 Å². The summed E-state index contributed by atoms with van der Waals surface area (Å²) in [6.07, 6.45) is 1.46. The van der Waals surface area contributed by atoms with Gasteiger partial charge in [-0.05, 0) is 40.5 Å². The number of rotatable bonds is 5. The van der Waals surface area contributed by atoms with Crippen molar-refractivity contribution in [2.75, 3.05) is 5.32 Å². The van der Waals surface area contributed by atoms with Gasteiger partial charge in [-0.3, -0.25) is 9.59 Å². The molecule has 2 aromatic heterocycles. The molecule has 7 nitrogen and oxygen atoms in total. The van der Waals surface area contributed by atoms with Crippen molar-refractivity contribution in [3.8, 4) is 11.3 Å². The Bertz CT molecular complexity index is 1540. The minimum Gasteiger partial charge on any atom is -0.324 e. The molecule has 0 atom stereocenters. The van der Waals surface area contributed by atoms with Gasteiger partial charge < -0.3 is 5.32 Å². The number of nitrogens with one attached hydrogen (secondary N) is 1. The molecule has 0 unspecified atom stereocenters. The average molecular weight is 438 g/mol. The Kier molecular flexibility index (Phi) is 5.22. The fraction of sp³-hybridized carbons (Fsp3) is 0.154. The van der Waals surface area contributed by atoms with Gasteiger partial charge in [-0.1, -0.05) is 68.4 Å². The molecule has 7 heteroatoms. The molecule has 0 bridgehead atoms. The zero-order valence-electron chi connectivity index (χ0n) is 18.4. The van der Waals surface area contributed by atoms with E-state index in [-0.39, 0.29) is 18.0 Å². The predicted octanol–water partition coefficient (Wildman–Crippen LogP) is 4.47. The fourth-order valence-electron chi connectivity index (χ4n) is 3.94. The minimum absolute atomic E-state index is 0.185. The molecular weight excluding hydrogens is 414 g/mol. The van der Waals surface area contributed by atoms with Crippen LogP contribution in [0.2, 0.25) is 0 Å². The molecule has 0 aliphatic rings. The van der Waals surface area contributed by atoms with Crippen LogP contribution in [0.4, 0.5) is 5.69 Å². The summed E-state index contributed by atoms with van der Waals surface area (Å²) in [6.45, 7) is 4.01. The maximum Gasteiger partial charge on any atom is 0.293 e. The van der Waals surface area contributed by atoms with Gasteiger partial charge in [0.25, 0.3) is 5.56 Å². The molecule has 0 aliphatic heterocycles. The van der Waals surface area contributed by atoms with Crippen LogP contribution < -0.4 is 10.9 Å². The molecule has 164 valence electrons. The monoisotopic (exact) mass is 437 g/mol. The Hall–Kier alpha value is -4.26. The summed E-state index contributed by atoms with van der Waals surface area (Å²) < 4.78 is 2.62. The zero-order valence-corrected chi connectivity index (χ0v) is 18.4. The summed E-state index contributed by atoms with van der Waals surface area (Å²) in [5.74, 6) is 0.0370. The van der Waals surface area contributed by atoms with Crippen molar-refractivity contribution in [1.29, 1.82) is 0 Å². The highest BCUT2D eigenvalue weighted by Gasteiger charge is 2.14. The second-order valence-corrected chi connectivity index (χ2v) is 8.31. The molecule has 0 aliphatic carbocycles. The van der Waals surface area contributed by atoms with Gasteiger partial charge in [-0.25, -0.2) is 9.20 Å². The predicted molar refractivity (Wildman–Crippen MR) is 129 cm³/mol. The molecule has 0 saturated heterocycles. The maximum absolute atomic E-state index is 13.0. The van der Waals surface area contributed by atoms with E-state index in [0.29, 0.717) is 22.8 Å². The molecule has 0 spiro atoms. The van der Waals surface area contributed by atoms with E-state index >= 15 is 0 Å². The van der Waals surface area contributed by atoms with Crippen LogP contribution in [0.5, 0.6) is 0 Å². The standard InChI is InChI=1S/C26H23N5O2/c1-17(2)19-9-5-10-20(13-19)28-25(32)15-30-26(33)24-14-23(29-31(24)16-27-30)22-12-6-8-18-7-3-4-11-21(18)22/h3-14,16-17H,15H2,1-2H3,(H,28,32). The zero-order chi connectivity index (χ0) is 22.9. The number of amides is 1. The van der Waals surface area contributed by atoms with E-state index in [1.165, 1.54) is 10.8 Å². The average Bonchev–Trinajstić information content (AvgIpc) is 3.26. The summed E-state index contributed by atoms with van der Waals surface area (Å²) in [5, 5.41) is 13.7. The number of benzene rings is 3. The summed E-state index contributed by atoms with van der Waals surface area (Å²) in [7, 11) is 0. The number of carbonyl (C=O) groups is 1. The fourth-order valence-corrected chi connectivity index (χ4v) is 3.94. The Morgan fingerprint density at radius 3 is 2.64 bits per heavy atom. The molecule has 5 aromatic rings. The third-order valence-corrected chi connectivity index (χ3v) is 5.69. The van der Waals surface area contributed by atoms with Gasteiger partial charge in [-0.15, -0.1) is 0 Å². The molecule has 0 fully saturated rings. The number of carbonyl (C=O) groups excluding carboxylic acids is 1. The van der Waals surface area contributed by atoms with Crippen LogP contribution in [-0.4, -0.2) is 25.3 Å². The van der Waals surface area contributed by atoms with E-state index in [9.17, 15) is 9.59 Å². The van der Waals surface area contributed by atoms with Gasteiger partial charge >= 0.3 is 0 Å². The topological polar surface area (TPSA) is 81.3 Å². The Balaban J connectivity index is 1.44. The van der Waals surface area contributed by atoms with Crippen molar-refractivity contribution in [1.82, 2.24) is 19.4 Å². The first-order chi connectivity index (χ1) is 16.0. The second-order valence-electron chi connectivity index (χ2n) is 8.31.